The molecule has 4 nitrogen and oxygen atoms in total. The summed E-state index contributed by atoms with van der Waals surface area (Å²) in [5.41, 5.74) is 3.03. The van der Waals surface area contributed by atoms with E-state index in [2.05, 4.69) is 44.6 Å². The van der Waals surface area contributed by atoms with Gasteiger partial charge in [-0.2, -0.15) is 0 Å². The van der Waals surface area contributed by atoms with Crippen molar-refractivity contribution in [2.75, 3.05) is 18.0 Å². The van der Waals surface area contributed by atoms with Crippen LogP contribution in [0.1, 0.15) is 20.3 Å². The van der Waals surface area contributed by atoms with Crippen LogP contribution in [0.2, 0.25) is 0 Å². The van der Waals surface area contributed by atoms with Crippen molar-refractivity contribution in [3.05, 3.63) is 29.0 Å². The van der Waals surface area contributed by atoms with Crippen LogP contribution >= 0.6 is 15.9 Å². The van der Waals surface area contributed by atoms with Crippen molar-refractivity contribution in [3.63, 3.8) is 0 Å². The quantitative estimate of drug-likeness (QED) is 0.843. The summed E-state index contributed by atoms with van der Waals surface area (Å²) < 4.78 is 6.89. The van der Waals surface area contributed by atoms with Gasteiger partial charge in [-0.05, 0) is 41.4 Å². The van der Waals surface area contributed by atoms with Gasteiger partial charge in [-0.25, -0.2) is 0 Å². The molecule has 0 bridgehead atoms. The maximum Gasteiger partial charge on any atom is 0.112 e. The SMILES string of the molecule is CCC1CN(c2ccnc3cc(Br)cnc23)CC(C)O1. The van der Waals surface area contributed by atoms with E-state index in [4.69, 9.17) is 4.74 Å². The summed E-state index contributed by atoms with van der Waals surface area (Å²) in [6.07, 6.45) is 5.24. The van der Waals surface area contributed by atoms with E-state index in [9.17, 15) is 0 Å². The fourth-order valence-corrected chi connectivity index (χ4v) is 3.03. The summed E-state index contributed by atoms with van der Waals surface area (Å²) in [7, 11) is 0. The van der Waals surface area contributed by atoms with E-state index in [0.717, 1.165) is 40.7 Å². The van der Waals surface area contributed by atoms with Crippen molar-refractivity contribution in [3.8, 4) is 0 Å². The van der Waals surface area contributed by atoms with Crippen LogP contribution < -0.4 is 4.90 Å². The minimum absolute atomic E-state index is 0.243. The van der Waals surface area contributed by atoms with Crippen LogP contribution in [0.15, 0.2) is 29.0 Å². The molecular formula is C15H18BrN3O. The molecule has 2 atom stereocenters. The number of anilines is 1. The molecule has 2 aromatic heterocycles. The summed E-state index contributed by atoms with van der Waals surface area (Å²) in [6, 6.07) is 4.06. The molecule has 20 heavy (non-hydrogen) atoms. The molecule has 3 rings (SSSR count). The molecular weight excluding hydrogens is 318 g/mol. The maximum absolute atomic E-state index is 5.93. The smallest absolute Gasteiger partial charge is 0.112 e. The van der Waals surface area contributed by atoms with E-state index in [0.29, 0.717) is 0 Å². The van der Waals surface area contributed by atoms with Crippen molar-refractivity contribution in [1.82, 2.24) is 9.97 Å². The summed E-state index contributed by atoms with van der Waals surface area (Å²) in [5.74, 6) is 0. The largest absolute Gasteiger partial charge is 0.372 e. The highest BCUT2D eigenvalue weighted by atomic mass is 79.9. The molecule has 106 valence electrons. The molecule has 0 aromatic carbocycles. The standard InChI is InChI=1S/C15H18BrN3O/c1-3-12-9-19(8-10(2)20-12)14-4-5-17-13-6-11(16)7-18-15(13)14/h4-7,10,12H,3,8-9H2,1-2H3. The third kappa shape index (κ3) is 2.65. The zero-order valence-electron chi connectivity index (χ0n) is 11.7. The average molecular weight is 336 g/mol. The van der Waals surface area contributed by atoms with Crippen molar-refractivity contribution in [1.29, 1.82) is 0 Å². The number of rotatable bonds is 2. The van der Waals surface area contributed by atoms with Crippen molar-refractivity contribution >= 4 is 32.7 Å². The summed E-state index contributed by atoms with van der Waals surface area (Å²) in [6.45, 7) is 6.11. The first kappa shape index (κ1) is 13.8. The van der Waals surface area contributed by atoms with Crippen molar-refractivity contribution < 1.29 is 4.74 Å². The van der Waals surface area contributed by atoms with Crippen LogP contribution in [0, 0.1) is 0 Å². The van der Waals surface area contributed by atoms with Gasteiger partial charge in [0.05, 0.1) is 23.4 Å². The Balaban J connectivity index is 2.01. The number of ether oxygens (including phenoxy) is 1. The van der Waals surface area contributed by atoms with E-state index < -0.39 is 0 Å². The number of fused-ring (bicyclic) bond motifs is 1. The van der Waals surface area contributed by atoms with Crippen LogP contribution in [0.5, 0.6) is 0 Å². The van der Waals surface area contributed by atoms with Gasteiger partial charge in [0.2, 0.25) is 0 Å². The number of morpholine rings is 1. The van der Waals surface area contributed by atoms with Gasteiger partial charge in [0.1, 0.15) is 5.52 Å². The van der Waals surface area contributed by atoms with Crippen LogP contribution in [0.3, 0.4) is 0 Å². The third-order valence-electron chi connectivity index (χ3n) is 3.65. The molecule has 0 amide bonds. The summed E-state index contributed by atoms with van der Waals surface area (Å²) in [5, 5.41) is 0. The van der Waals surface area contributed by atoms with Gasteiger partial charge >= 0.3 is 0 Å². The number of nitrogens with zero attached hydrogens (tertiary/aromatic N) is 3. The number of hydrogen-bond donors (Lipinski definition) is 0. The molecule has 5 heteroatoms. The summed E-state index contributed by atoms with van der Waals surface area (Å²) >= 11 is 3.45. The fraction of sp³-hybridized carbons (Fsp3) is 0.467. The Morgan fingerprint density at radius 1 is 1.40 bits per heavy atom. The van der Waals surface area contributed by atoms with Crippen molar-refractivity contribution in [2.24, 2.45) is 0 Å². The third-order valence-corrected chi connectivity index (χ3v) is 4.08. The fourth-order valence-electron chi connectivity index (χ4n) is 2.71. The highest BCUT2D eigenvalue weighted by Gasteiger charge is 2.25. The zero-order chi connectivity index (χ0) is 14.1. The highest BCUT2D eigenvalue weighted by Crippen LogP contribution is 2.28. The van der Waals surface area contributed by atoms with Gasteiger partial charge in [0.15, 0.2) is 0 Å². The Morgan fingerprint density at radius 2 is 2.25 bits per heavy atom. The predicted molar refractivity (Wildman–Crippen MR) is 84.1 cm³/mol. The van der Waals surface area contributed by atoms with Crippen molar-refractivity contribution in [2.45, 2.75) is 32.5 Å². The second kappa shape index (κ2) is 5.66. The molecule has 0 spiro atoms. The van der Waals surface area contributed by atoms with E-state index in [1.165, 1.54) is 0 Å². The monoisotopic (exact) mass is 335 g/mol. The maximum atomic E-state index is 5.93. The Morgan fingerprint density at radius 3 is 3.05 bits per heavy atom. The number of halogens is 1. The lowest BCUT2D eigenvalue weighted by molar-refractivity contribution is -0.0171. The van der Waals surface area contributed by atoms with E-state index >= 15 is 0 Å². The van der Waals surface area contributed by atoms with Crippen LogP contribution in [-0.4, -0.2) is 35.3 Å². The van der Waals surface area contributed by atoms with Gasteiger partial charge in [0, 0.05) is 30.0 Å². The Kier molecular flexibility index (Phi) is 3.89. The molecule has 1 saturated heterocycles. The summed E-state index contributed by atoms with van der Waals surface area (Å²) in [4.78, 5) is 11.3. The molecule has 0 saturated carbocycles. The topological polar surface area (TPSA) is 38.2 Å². The van der Waals surface area contributed by atoms with Gasteiger partial charge in [0.25, 0.3) is 0 Å². The lowest BCUT2D eigenvalue weighted by atomic mass is 10.1. The second-order valence-corrected chi connectivity index (χ2v) is 6.15. The van der Waals surface area contributed by atoms with Gasteiger partial charge in [-0.15, -0.1) is 0 Å². The van der Waals surface area contributed by atoms with Crippen LogP contribution in [0.25, 0.3) is 11.0 Å². The molecule has 1 aliphatic rings. The number of pyridine rings is 2. The molecule has 2 unspecified atom stereocenters. The second-order valence-electron chi connectivity index (χ2n) is 5.23. The van der Waals surface area contributed by atoms with Gasteiger partial charge < -0.3 is 9.64 Å². The normalized spacial score (nSPS) is 23.2. The molecule has 1 aliphatic heterocycles. The number of hydrogen-bond acceptors (Lipinski definition) is 4. The first-order chi connectivity index (χ1) is 9.67. The number of aromatic nitrogens is 2. The Labute approximate surface area is 127 Å². The molecule has 2 aromatic rings. The van der Waals surface area contributed by atoms with E-state index in [-0.39, 0.29) is 12.2 Å². The molecule has 0 aliphatic carbocycles. The molecule has 0 radical (unpaired) electrons. The molecule has 0 N–H and O–H groups in total. The minimum Gasteiger partial charge on any atom is -0.372 e. The predicted octanol–water partition coefficient (Wildman–Crippen LogP) is 3.40. The molecule has 3 heterocycles. The highest BCUT2D eigenvalue weighted by molar-refractivity contribution is 9.10. The molecule has 1 fully saturated rings. The van der Waals surface area contributed by atoms with E-state index in [1.54, 1.807) is 0 Å². The lowest BCUT2D eigenvalue weighted by Gasteiger charge is -2.38. The van der Waals surface area contributed by atoms with Crippen LogP contribution in [0.4, 0.5) is 5.69 Å². The first-order valence-electron chi connectivity index (χ1n) is 6.98. The van der Waals surface area contributed by atoms with Crippen LogP contribution in [-0.2, 0) is 4.74 Å². The van der Waals surface area contributed by atoms with Gasteiger partial charge in [-0.3, -0.25) is 9.97 Å². The Hall–Kier alpha value is -1.20. The van der Waals surface area contributed by atoms with Gasteiger partial charge in [-0.1, -0.05) is 6.92 Å². The minimum atomic E-state index is 0.243. The zero-order valence-corrected chi connectivity index (χ0v) is 13.3. The Bertz CT molecular complexity index is 619. The van der Waals surface area contributed by atoms with E-state index in [1.807, 2.05) is 24.5 Å². The first-order valence-corrected chi connectivity index (χ1v) is 7.77. The lowest BCUT2D eigenvalue weighted by Crippen LogP contribution is -2.46. The average Bonchev–Trinajstić information content (AvgIpc) is 2.45.